The summed E-state index contributed by atoms with van der Waals surface area (Å²) < 4.78 is 4.52. The van der Waals surface area contributed by atoms with Gasteiger partial charge in [0.25, 0.3) is 0 Å². The van der Waals surface area contributed by atoms with Gasteiger partial charge in [0.1, 0.15) is 0 Å². The fourth-order valence-corrected chi connectivity index (χ4v) is 1.21. The number of carbonyl (C=O) groups is 1. The minimum absolute atomic E-state index is 0.207. The molecule has 0 aliphatic heterocycles. The summed E-state index contributed by atoms with van der Waals surface area (Å²) in [4.78, 5) is 14.6. The van der Waals surface area contributed by atoms with Crippen LogP contribution in [0.15, 0.2) is 28.4 Å². The molecule has 0 heterocycles. The summed E-state index contributed by atoms with van der Waals surface area (Å²) in [5, 5.41) is 0. The summed E-state index contributed by atoms with van der Waals surface area (Å²) in [6, 6.07) is 0. The van der Waals surface area contributed by atoms with E-state index in [1.54, 1.807) is 0 Å². The van der Waals surface area contributed by atoms with Crippen molar-refractivity contribution in [2.45, 2.75) is 19.3 Å². The Labute approximate surface area is 77.8 Å². The van der Waals surface area contributed by atoms with Gasteiger partial charge >= 0.3 is 5.97 Å². The Hall–Kier alpha value is -1.38. The molecule has 1 aliphatic rings. The first-order chi connectivity index (χ1) is 6.26. The lowest BCUT2D eigenvalue weighted by atomic mass is 10.2. The van der Waals surface area contributed by atoms with Gasteiger partial charge in [0.2, 0.25) is 0 Å². The normalized spacial score (nSPS) is 18.5. The molecular formula is C10H13NO2. The molecule has 0 N–H and O–H groups in total. The maximum atomic E-state index is 10.8. The zero-order chi connectivity index (χ0) is 9.68. The fraction of sp³-hybridized carbons (Fsp3) is 0.400. The number of hydrogen-bond donors (Lipinski definition) is 0. The van der Waals surface area contributed by atoms with Crippen molar-refractivity contribution in [3.8, 4) is 0 Å². The monoisotopic (exact) mass is 179 g/mol. The van der Waals surface area contributed by atoms with Gasteiger partial charge in [0, 0.05) is 5.70 Å². The van der Waals surface area contributed by atoms with E-state index < -0.39 is 0 Å². The van der Waals surface area contributed by atoms with E-state index in [1.807, 2.05) is 12.2 Å². The number of methoxy groups -OCH3 is 1. The second-order valence-electron chi connectivity index (χ2n) is 2.85. The van der Waals surface area contributed by atoms with E-state index in [1.165, 1.54) is 7.11 Å². The minimum Gasteiger partial charge on any atom is -0.469 e. The first-order valence-corrected chi connectivity index (χ1v) is 4.19. The van der Waals surface area contributed by atoms with Crippen molar-refractivity contribution < 1.29 is 9.53 Å². The fourth-order valence-electron chi connectivity index (χ4n) is 1.21. The van der Waals surface area contributed by atoms with E-state index in [9.17, 15) is 4.79 Å². The number of rotatable bonds is 3. The summed E-state index contributed by atoms with van der Waals surface area (Å²) in [7, 11) is 1.39. The molecular weight excluding hydrogens is 166 g/mol. The second kappa shape index (κ2) is 4.60. The van der Waals surface area contributed by atoms with Crippen LogP contribution >= 0.6 is 0 Å². The molecule has 0 saturated heterocycles. The van der Waals surface area contributed by atoms with Gasteiger partial charge in [-0.05, 0) is 31.2 Å². The highest BCUT2D eigenvalue weighted by Crippen LogP contribution is 2.23. The second-order valence-corrected chi connectivity index (χ2v) is 2.85. The van der Waals surface area contributed by atoms with Crippen LogP contribution in [-0.4, -0.2) is 19.8 Å². The minimum atomic E-state index is -0.207. The van der Waals surface area contributed by atoms with Crippen LogP contribution in [0.25, 0.3) is 0 Å². The van der Waals surface area contributed by atoms with E-state index in [0.717, 1.165) is 24.1 Å². The number of nitrogens with zero attached hydrogens (tertiary/aromatic N) is 1. The van der Waals surface area contributed by atoms with Crippen LogP contribution in [0.3, 0.4) is 0 Å². The Balaban J connectivity index is 2.50. The zero-order valence-electron chi connectivity index (χ0n) is 7.75. The van der Waals surface area contributed by atoms with E-state index in [4.69, 9.17) is 0 Å². The molecule has 0 amide bonds. The van der Waals surface area contributed by atoms with E-state index in [-0.39, 0.29) is 5.97 Å². The molecule has 0 aromatic carbocycles. The van der Waals surface area contributed by atoms with Crippen molar-refractivity contribution in [3.63, 3.8) is 0 Å². The Bertz CT molecular complexity index is 277. The Morgan fingerprint density at radius 1 is 1.77 bits per heavy atom. The average molecular weight is 179 g/mol. The molecule has 0 aromatic heterocycles. The van der Waals surface area contributed by atoms with Crippen molar-refractivity contribution in [3.05, 3.63) is 23.4 Å². The maximum absolute atomic E-state index is 10.8. The first kappa shape index (κ1) is 9.71. The number of ether oxygens (including phenoxy) is 1. The summed E-state index contributed by atoms with van der Waals surface area (Å²) >= 11 is 0. The molecule has 1 aliphatic carbocycles. The number of aliphatic imine (C=N–C) groups is 1. The van der Waals surface area contributed by atoms with Crippen LogP contribution in [-0.2, 0) is 9.53 Å². The number of carbonyl (C=O) groups excluding carboxylic acids is 1. The first-order valence-electron chi connectivity index (χ1n) is 4.19. The third-order valence-electron chi connectivity index (χ3n) is 1.98. The van der Waals surface area contributed by atoms with Crippen LogP contribution in [0, 0.1) is 0 Å². The largest absolute Gasteiger partial charge is 0.469 e. The highest BCUT2D eigenvalue weighted by molar-refractivity contribution is 5.71. The number of allylic oxidation sites excluding steroid dienone is 3. The van der Waals surface area contributed by atoms with Gasteiger partial charge < -0.3 is 4.74 Å². The van der Waals surface area contributed by atoms with E-state index >= 15 is 0 Å². The molecule has 0 spiro atoms. The van der Waals surface area contributed by atoms with Crippen LogP contribution in [0.5, 0.6) is 0 Å². The highest BCUT2D eigenvalue weighted by Gasteiger charge is 2.07. The number of esters is 1. The van der Waals surface area contributed by atoms with Gasteiger partial charge in [-0.3, -0.25) is 9.79 Å². The smallest absolute Gasteiger partial charge is 0.309 e. The van der Waals surface area contributed by atoms with Gasteiger partial charge in [0.05, 0.1) is 13.5 Å². The molecule has 0 unspecified atom stereocenters. The average Bonchev–Trinajstić information content (AvgIpc) is 2.61. The predicted octanol–water partition coefficient (Wildman–Crippen LogP) is 1.85. The lowest BCUT2D eigenvalue weighted by Gasteiger charge is -1.94. The van der Waals surface area contributed by atoms with Crippen molar-refractivity contribution >= 4 is 12.7 Å². The topological polar surface area (TPSA) is 38.7 Å². The molecule has 0 fully saturated rings. The molecule has 0 bridgehead atoms. The summed E-state index contributed by atoms with van der Waals surface area (Å²) in [5.74, 6) is -0.207. The standard InChI is InChI=1S/C10H13NO2/c1-11-9-5-3-8(7-9)4-6-10(12)13-2/h4,7H,1,3,5-6H2,2H3. The zero-order valence-corrected chi connectivity index (χ0v) is 7.75. The summed E-state index contributed by atoms with van der Waals surface area (Å²) in [6.07, 6.45) is 6.06. The van der Waals surface area contributed by atoms with Crippen LogP contribution < -0.4 is 0 Å². The van der Waals surface area contributed by atoms with E-state index in [2.05, 4.69) is 16.4 Å². The lowest BCUT2D eigenvalue weighted by molar-refractivity contribution is -0.139. The molecule has 0 radical (unpaired) electrons. The van der Waals surface area contributed by atoms with Gasteiger partial charge in [0.15, 0.2) is 0 Å². The third-order valence-corrected chi connectivity index (χ3v) is 1.98. The van der Waals surface area contributed by atoms with Gasteiger partial charge in [-0.25, -0.2) is 0 Å². The molecule has 70 valence electrons. The van der Waals surface area contributed by atoms with Crippen molar-refractivity contribution in [2.75, 3.05) is 7.11 Å². The Morgan fingerprint density at radius 3 is 3.08 bits per heavy atom. The maximum Gasteiger partial charge on any atom is 0.309 e. The summed E-state index contributed by atoms with van der Waals surface area (Å²) in [6.45, 7) is 3.45. The summed E-state index contributed by atoms with van der Waals surface area (Å²) in [5.41, 5.74) is 2.14. The molecule has 0 saturated carbocycles. The molecule has 13 heavy (non-hydrogen) atoms. The molecule has 3 heteroatoms. The van der Waals surface area contributed by atoms with Crippen molar-refractivity contribution in [2.24, 2.45) is 4.99 Å². The van der Waals surface area contributed by atoms with Gasteiger partial charge in [-0.1, -0.05) is 6.08 Å². The van der Waals surface area contributed by atoms with E-state index in [0.29, 0.717) is 6.42 Å². The SMILES string of the molecule is C=NC1=CC(=CCC(=O)OC)CC1. The van der Waals surface area contributed by atoms with Crippen LogP contribution in [0.1, 0.15) is 19.3 Å². The Kier molecular flexibility index (Phi) is 3.43. The van der Waals surface area contributed by atoms with Crippen LogP contribution in [0.2, 0.25) is 0 Å². The lowest BCUT2D eigenvalue weighted by Crippen LogP contribution is -1.97. The molecule has 3 nitrogen and oxygen atoms in total. The number of hydrogen-bond acceptors (Lipinski definition) is 3. The Morgan fingerprint density at radius 2 is 2.54 bits per heavy atom. The van der Waals surface area contributed by atoms with Gasteiger partial charge in [-0.2, -0.15) is 0 Å². The van der Waals surface area contributed by atoms with Crippen LogP contribution in [0.4, 0.5) is 0 Å². The molecule has 0 atom stereocenters. The highest BCUT2D eigenvalue weighted by atomic mass is 16.5. The quantitative estimate of drug-likeness (QED) is 0.490. The van der Waals surface area contributed by atoms with Crippen molar-refractivity contribution in [1.82, 2.24) is 0 Å². The predicted molar refractivity (Wildman–Crippen MR) is 51.6 cm³/mol. The third kappa shape index (κ3) is 2.86. The molecule has 0 aromatic rings. The van der Waals surface area contributed by atoms with Crippen molar-refractivity contribution in [1.29, 1.82) is 0 Å². The van der Waals surface area contributed by atoms with Gasteiger partial charge in [-0.15, -0.1) is 0 Å². The molecule has 1 rings (SSSR count).